The lowest BCUT2D eigenvalue weighted by atomic mass is 10.2. The minimum absolute atomic E-state index is 0.200. The van der Waals surface area contributed by atoms with Crippen molar-refractivity contribution in [2.75, 3.05) is 13.6 Å². The van der Waals surface area contributed by atoms with E-state index in [1.165, 1.54) is 20.2 Å². The fourth-order valence-electron chi connectivity index (χ4n) is 2.27. The van der Waals surface area contributed by atoms with Crippen molar-refractivity contribution < 1.29 is 4.79 Å². The second-order valence-electron chi connectivity index (χ2n) is 4.71. The lowest BCUT2D eigenvalue weighted by molar-refractivity contribution is -0.117. The molecule has 4 heteroatoms. The molecule has 0 amide bonds. The number of nitrogens with zero attached hydrogens (tertiary/aromatic N) is 2. The summed E-state index contributed by atoms with van der Waals surface area (Å²) in [6, 6.07) is 8.40. The summed E-state index contributed by atoms with van der Waals surface area (Å²) in [6.45, 7) is 2.92. The number of halogens is 1. The monoisotopic (exact) mass is 356 g/mol. The first-order chi connectivity index (χ1) is 8.50. The average molecular weight is 356 g/mol. The molecule has 0 saturated carbocycles. The number of ketones is 1. The number of fused-ring (bicyclic) bond motifs is 1. The van der Waals surface area contributed by atoms with Crippen LogP contribution in [-0.4, -0.2) is 28.8 Å². The lowest BCUT2D eigenvalue weighted by Gasteiger charge is -2.16. The molecular formula is C14H17IN2O. The van der Waals surface area contributed by atoms with Crippen LogP contribution in [0.4, 0.5) is 0 Å². The van der Waals surface area contributed by atoms with E-state index in [-0.39, 0.29) is 5.78 Å². The van der Waals surface area contributed by atoms with E-state index in [1.54, 1.807) is 6.92 Å². The van der Waals surface area contributed by atoms with E-state index in [0.717, 1.165) is 6.54 Å². The Morgan fingerprint density at radius 3 is 2.67 bits per heavy atom. The fourth-order valence-corrected chi connectivity index (χ4v) is 3.26. The predicted octanol–water partition coefficient (Wildman–Crippen LogP) is 2.80. The molecule has 2 rings (SSSR count). The molecule has 18 heavy (non-hydrogen) atoms. The first-order valence-corrected chi connectivity index (χ1v) is 6.98. The number of likely N-dealkylation sites (N-methyl/N-ethyl adjacent to an activating group) is 1. The number of rotatable bonds is 4. The first-order valence-electron chi connectivity index (χ1n) is 5.90. The normalized spacial score (nSPS) is 11.4. The minimum Gasteiger partial charge on any atom is -0.346 e. The fraction of sp³-hybridized carbons (Fsp3) is 0.357. The third-order valence-electron chi connectivity index (χ3n) is 3.07. The molecule has 0 saturated heterocycles. The predicted molar refractivity (Wildman–Crippen MR) is 82.7 cm³/mol. The molecule has 0 atom stereocenters. The van der Waals surface area contributed by atoms with Gasteiger partial charge in [-0.3, -0.25) is 9.69 Å². The Hall–Kier alpha value is -0.880. The SMILES string of the molecule is CC(=O)CN(C)Cc1c(I)c2ccccc2n1C. The maximum absolute atomic E-state index is 11.1. The Labute approximate surface area is 121 Å². The van der Waals surface area contributed by atoms with Crippen molar-refractivity contribution in [1.29, 1.82) is 0 Å². The second kappa shape index (κ2) is 5.40. The molecule has 0 aliphatic carbocycles. The lowest BCUT2D eigenvalue weighted by Crippen LogP contribution is -2.25. The molecule has 2 aromatic rings. The van der Waals surface area contributed by atoms with Crippen LogP contribution >= 0.6 is 22.6 Å². The zero-order chi connectivity index (χ0) is 13.3. The third kappa shape index (κ3) is 2.59. The standard InChI is InChI=1S/C14H17IN2O/c1-10(18)8-16(2)9-13-14(15)11-6-4-5-7-12(11)17(13)3/h4-7H,8-9H2,1-3H3. The summed E-state index contributed by atoms with van der Waals surface area (Å²) in [5.74, 6) is 0.200. The van der Waals surface area contributed by atoms with Crippen molar-refractivity contribution in [2.45, 2.75) is 13.5 Å². The summed E-state index contributed by atoms with van der Waals surface area (Å²) < 4.78 is 3.49. The van der Waals surface area contributed by atoms with Crippen LogP contribution < -0.4 is 0 Å². The quantitative estimate of drug-likeness (QED) is 0.788. The highest BCUT2D eigenvalue weighted by molar-refractivity contribution is 14.1. The molecule has 0 bridgehead atoms. The molecule has 0 aliphatic rings. The number of carbonyl (C=O) groups is 1. The Morgan fingerprint density at radius 1 is 1.39 bits per heavy atom. The van der Waals surface area contributed by atoms with E-state index in [9.17, 15) is 4.79 Å². The average Bonchev–Trinajstić information content (AvgIpc) is 2.54. The van der Waals surface area contributed by atoms with Gasteiger partial charge in [0.25, 0.3) is 0 Å². The molecule has 0 radical (unpaired) electrons. The number of hydrogen-bond acceptors (Lipinski definition) is 2. The van der Waals surface area contributed by atoms with Gasteiger partial charge in [-0.1, -0.05) is 18.2 Å². The summed E-state index contributed by atoms with van der Waals surface area (Å²) in [7, 11) is 4.07. The molecule has 1 heterocycles. The summed E-state index contributed by atoms with van der Waals surface area (Å²) >= 11 is 2.39. The van der Waals surface area contributed by atoms with Crippen LogP contribution in [0.3, 0.4) is 0 Å². The van der Waals surface area contributed by atoms with Crippen LogP contribution in [0.15, 0.2) is 24.3 Å². The first kappa shape index (κ1) is 13.5. The summed E-state index contributed by atoms with van der Waals surface area (Å²) in [5, 5.41) is 1.28. The van der Waals surface area contributed by atoms with Crippen LogP contribution in [0.5, 0.6) is 0 Å². The van der Waals surface area contributed by atoms with Crippen molar-refractivity contribution in [3.05, 3.63) is 33.5 Å². The minimum atomic E-state index is 0.200. The van der Waals surface area contributed by atoms with Crippen LogP contribution in [0.1, 0.15) is 12.6 Å². The van der Waals surface area contributed by atoms with E-state index in [1.807, 2.05) is 7.05 Å². The molecule has 1 aromatic heterocycles. The molecule has 0 aliphatic heterocycles. The van der Waals surface area contributed by atoms with Gasteiger partial charge in [0, 0.05) is 33.8 Å². The molecule has 3 nitrogen and oxygen atoms in total. The highest BCUT2D eigenvalue weighted by Crippen LogP contribution is 2.27. The number of hydrogen-bond donors (Lipinski definition) is 0. The third-order valence-corrected chi connectivity index (χ3v) is 4.28. The highest BCUT2D eigenvalue weighted by atomic mass is 127. The highest BCUT2D eigenvalue weighted by Gasteiger charge is 2.14. The second-order valence-corrected chi connectivity index (χ2v) is 5.79. The van der Waals surface area contributed by atoms with Gasteiger partial charge in [0.2, 0.25) is 0 Å². The molecule has 0 unspecified atom stereocenters. The van der Waals surface area contributed by atoms with Gasteiger partial charge in [0.15, 0.2) is 0 Å². The number of Topliss-reactive ketones (excluding diaryl/α,β-unsaturated/α-hetero) is 1. The van der Waals surface area contributed by atoms with Gasteiger partial charge in [0.05, 0.1) is 6.54 Å². The van der Waals surface area contributed by atoms with Gasteiger partial charge in [0.1, 0.15) is 5.78 Å². The van der Waals surface area contributed by atoms with Crippen molar-refractivity contribution in [3.8, 4) is 0 Å². The van der Waals surface area contributed by atoms with Crippen molar-refractivity contribution in [2.24, 2.45) is 7.05 Å². The number of benzene rings is 1. The summed E-state index contributed by atoms with van der Waals surface area (Å²) in [5.41, 5.74) is 2.51. The molecule has 0 fully saturated rings. The van der Waals surface area contributed by atoms with Crippen molar-refractivity contribution in [1.82, 2.24) is 9.47 Å². The van der Waals surface area contributed by atoms with Crippen molar-refractivity contribution in [3.63, 3.8) is 0 Å². The largest absolute Gasteiger partial charge is 0.346 e. The number of aromatic nitrogens is 1. The molecule has 1 aromatic carbocycles. The van der Waals surface area contributed by atoms with Gasteiger partial charge in [-0.2, -0.15) is 0 Å². The van der Waals surface area contributed by atoms with Gasteiger partial charge in [-0.15, -0.1) is 0 Å². The summed E-state index contributed by atoms with van der Waals surface area (Å²) in [4.78, 5) is 13.2. The van der Waals surface area contributed by atoms with E-state index < -0.39 is 0 Å². The number of para-hydroxylation sites is 1. The Bertz CT molecular complexity index is 550. The van der Waals surface area contributed by atoms with E-state index >= 15 is 0 Å². The van der Waals surface area contributed by atoms with Crippen LogP contribution in [0.2, 0.25) is 0 Å². The Kier molecular flexibility index (Phi) is 4.07. The van der Waals surface area contributed by atoms with Crippen LogP contribution in [0, 0.1) is 3.57 Å². The number of aryl methyl sites for hydroxylation is 1. The molecular weight excluding hydrogens is 339 g/mol. The van der Waals surface area contributed by atoms with Gasteiger partial charge in [-0.05, 0) is 42.6 Å². The van der Waals surface area contributed by atoms with E-state index in [2.05, 4.69) is 63.4 Å². The van der Waals surface area contributed by atoms with Crippen LogP contribution in [-0.2, 0) is 18.4 Å². The topological polar surface area (TPSA) is 25.2 Å². The molecule has 0 N–H and O–H groups in total. The molecule has 0 spiro atoms. The van der Waals surface area contributed by atoms with E-state index in [4.69, 9.17) is 0 Å². The maximum Gasteiger partial charge on any atom is 0.143 e. The Balaban J connectivity index is 2.36. The smallest absolute Gasteiger partial charge is 0.143 e. The maximum atomic E-state index is 11.1. The number of carbonyl (C=O) groups excluding carboxylic acids is 1. The van der Waals surface area contributed by atoms with Crippen LogP contribution in [0.25, 0.3) is 10.9 Å². The Morgan fingerprint density at radius 2 is 2.06 bits per heavy atom. The zero-order valence-electron chi connectivity index (χ0n) is 10.9. The molecule has 96 valence electrons. The van der Waals surface area contributed by atoms with Gasteiger partial charge >= 0.3 is 0 Å². The summed E-state index contributed by atoms with van der Waals surface area (Å²) in [6.07, 6.45) is 0. The van der Waals surface area contributed by atoms with Crippen molar-refractivity contribution >= 4 is 39.3 Å². The zero-order valence-corrected chi connectivity index (χ0v) is 13.1. The van der Waals surface area contributed by atoms with Gasteiger partial charge < -0.3 is 4.57 Å². The van der Waals surface area contributed by atoms with E-state index in [0.29, 0.717) is 6.54 Å². The van der Waals surface area contributed by atoms with Gasteiger partial charge in [-0.25, -0.2) is 0 Å².